The standard InChI is InChI=1S/C7H6ClNO3S2/c8-14(11,12)7-4-2-5(13-7)1-3-6(9)10/h1-4H,(H2,9,10)/b3-1+. The van der Waals surface area contributed by atoms with Gasteiger partial charge in [0.15, 0.2) is 0 Å². The van der Waals surface area contributed by atoms with Crippen LogP contribution in [0.2, 0.25) is 0 Å². The van der Waals surface area contributed by atoms with Crippen LogP contribution in [0.15, 0.2) is 22.4 Å². The highest BCUT2D eigenvalue weighted by Gasteiger charge is 2.11. The number of hydrogen-bond donors (Lipinski definition) is 1. The van der Waals surface area contributed by atoms with Gasteiger partial charge in [-0.1, -0.05) is 0 Å². The minimum absolute atomic E-state index is 0.0447. The number of rotatable bonds is 3. The molecule has 0 unspecified atom stereocenters. The number of nitrogens with two attached hydrogens (primary N) is 1. The molecule has 0 spiro atoms. The number of carbonyl (C=O) groups is 1. The van der Waals surface area contributed by atoms with Crippen LogP contribution in [0.1, 0.15) is 4.88 Å². The summed E-state index contributed by atoms with van der Waals surface area (Å²) >= 11 is 0.967. The summed E-state index contributed by atoms with van der Waals surface area (Å²) in [6.07, 6.45) is 2.58. The van der Waals surface area contributed by atoms with Crippen molar-refractivity contribution in [3.63, 3.8) is 0 Å². The van der Waals surface area contributed by atoms with Crippen molar-refractivity contribution in [2.75, 3.05) is 0 Å². The van der Waals surface area contributed by atoms with Crippen molar-refractivity contribution in [1.29, 1.82) is 0 Å². The van der Waals surface area contributed by atoms with Crippen LogP contribution in [0, 0.1) is 0 Å². The fourth-order valence-electron chi connectivity index (χ4n) is 0.719. The van der Waals surface area contributed by atoms with E-state index in [2.05, 4.69) is 0 Å². The molecule has 7 heteroatoms. The van der Waals surface area contributed by atoms with E-state index >= 15 is 0 Å². The highest BCUT2D eigenvalue weighted by molar-refractivity contribution is 8.15. The van der Waals surface area contributed by atoms with Gasteiger partial charge in [-0.25, -0.2) is 8.42 Å². The van der Waals surface area contributed by atoms with Crippen molar-refractivity contribution in [2.24, 2.45) is 5.73 Å². The van der Waals surface area contributed by atoms with Gasteiger partial charge in [-0.15, -0.1) is 11.3 Å². The molecular formula is C7H6ClNO3S2. The molecule has 2 N–H and O–H groups in total. The van der Waals surface area contributed by atoms with Gasteiger partial charge < -0.3 is 5.73 Å². The van der Waals surface area contributed by atoms with E-state index in [0.29, 0.717) is 4.88 Å². The minimum Gasteiger partial charge on any atom is -0.366 e. The smallest absolute Gasteiger partial charge is 0.270 e. The van der Waals surface area contributed by atoms with E-state index in [1.807, 2.05) is 0 Å². The number of hydrogen-bond acceptors (Lipinski definition) is 4. The summed E-state index contributed by atoms with van der Waals surface area (Å²) in [5, 5.41) is 0. The number of primary amides is 1. The van der Waals surface area contributed by atoms with Crippen LogP contribution in [0.3, 0.4) is 0 Å². The van der Waals surface area contributed by atoms with Crippen molar-refractivity contribution in [1.82, 2.24) is 0 Å². The zero-order valence-electron chi connectivity index (χ0n) is 6.81. The molecule has 0 aliphatic carbocycles. The highest BCUT2D eigenvalue weighted by Crippen LogP contribution is 2.25. The van der Waals surface area contributed by atoms with E-state index in [4.69, 9.17) is 16.4 Å². The Morgan fingerprint density at radius 3 is 2.57 bits per heavy atom. The third-order valence-corrected chi connectivity index (χ3v) is 4.40. The van der Waals surface area contributed by atoms with Crippen LogP contribution in [-0.4, -0.2) is 14.3 Å². The number of halogens is 1. The van der Waals surface area contributed by atoms with Crippen molar-refractivity contribution in [3.8, 4) is 0 Å². The van der Waals surface area contributed by atoms with Gasteiger partial charge >= 0.3 is 0 Å². The number of carbonyl (C=O) groups excluding carboxylic acids is 1. The van der Waals surface area contributed by atoms with Gasteiger partial charge in [0.1, 0.15) is 4.21 Å². The Kier molecular flexibility index (Phi) is 3.30. The van der Waals surface area contributed by atoms with Crippen LogP contribution in [-0.2, 0) is 13.8 Å². The van der Waals surface area contributed by atoms with Crippen molar-refractivity contribution < 1.29 is 13.2 Å². The lowest BCUT2D eigenvalue weighted by Crippen LogP contribution is -2.04. The topological polar surface area (TPSA) is 77.2 Å². The summed E-state index contributed by atoms with van der Waals surface area (Å²) in [5.41, 5.74) is 4.87. The van der Waals surface area contributed by atoms with E-state index in [1.165, 1.54) is 12.1 Å². The summed E-state index contributed by atoms with van der Waals surface area (Å²) in [4.78, 5) is 11.0. The molecule has 1 aromatic rings. The maximum Gasteiger partial charge on any atom is 0.270 e. The first-order chi connectivity index (χ1) is 6.39. The third kappa shape index (κ3) is 3.13. The molecule has 0 aliphatic heterocycles. The Labute approximate surface area is 89.4 Å². The lowest BCUT2D eigenvalue weighted by Gasteiger charge is -1.85. The Morgan fingerprint density at radius 2 is 2.14 bits per heavy atom. The Hall–Kier alpha value is -0.850. The molecule has 1 rings (SSSR count). The van der Waals surface area contributed by atoms with Crippen molar-refractivity contribution in [2.45, 2.75) is 4.21 Å². The van der Waals surface area contributed by atoms with Gasteiger partial charge in [-0.05, 0) is 18.2 Å². The molecule has 76 valence electrons. The second kappa shape index (κ2) is 4.12. The first-order valence-electron chi connectivity index (χ1n) is 3.41. The number of amides is 1. The molecule has 0 saturated carbocycles. The molecule has 0 fully saturated rings. The third-order valence-electron chi connectivity index (χ3n) is 1.25. The Bertz CT molecular complexity index is 475. The van der Waals surface area contributed by atoms with Gasteiger partial charge in [0.2, 0.25) is 5.91 Å². The van der Waals surface area contributed by atoms with E-state index in [9.17, 15) is 13.2 Å². The van der Waals surface area contributed by atoms with E-state index in [1.54, 1.807) is 6.07 Å². The lowest BCUT2D eigenvalue weighted by atomic mass is 10.4. The summed E-state index contributed by atoms with van der Waals surface area (Å²) in [7, 11) is 1.42. The molecule has 0 aromatic carbocycles. The van der Waals surface area contributed by atoms with Gasteiger partial charge in [0, 0.05) is 21.6 Å². The number of thiophene rings is 1. The molecule has 4 nitrogen and oxygen atoms in total. The Morgan fingerprint density at radius 1 is 1.50 bits per heavy atom. The summed E-state index contributed by atoms with van der Waals surface area (Å²) in [6.45, 7) is 0. The second-order valence-corrected chi connectivity index (χ2v) is 6.24. The predicted molar refractivity (Wildman–Crippen MR) is 55.6 cm³/mol. The van der Waals surface area contributed by atoms with E-state index in [-0.39, 0.29) is 4.21 Å². The van der Waals surface area contributed by atoms with Crippen LogP contribution < -0.4 is 5.73 Å². The van der Waals surface area contributed by atoms with Crippen molar-refractivity contribution >= 4 is 43.1 Å². The molecular weight excluding hydrogens is 246 g/mol. The highest BCUT2D eigenvalue weighted by atomic mass is 35.7. The molecule has 1 heterocycles. The van der Waals surface area contributed by atoms with Gasteiger partial charge in [-0.2, -0.15) is 0 Å². The van der Waals surface area contributed by atoms with Crippen LogP contribution >= 0.6 is 22.0 Å². The zero-order chi connectivity index (χ0) is 10.8. The lowest BCUT2D eigenvalue weighted by molar-refractivity contribution is -0.113. The molecule has 0 aliphatic rings. The van der Waals surface area contributed by atoms with Crippen LogP contribution in [0.5, 0.6) is 0 Å². The average molecular weight is 252 g/mol. The van der Waals surface area contributed by atoms with Gasteiger partial charge in [0.25, 0.3) is 9.05 Å². The first-order valence-corrected chi connectivity index (χ1v) is 6.54. The molecule has 1 aromatic heterocycles. The fourth-order valence-corrected chi connectivity index (χ4v) is 2.72. The monoisotopic (exact) mass is 251 g/mol. The largest absolute Gasteiger partial charge is 0.366 e. The second-order valence-electron chi connectivity index (χ2n) is 2.33. The molecule has 0 radical (unpaired) electrons. The van der Waals surface area contributed by atoms with Gasteiger partial charge in [-0.3, -0.25) is 4.79 Å². The predicted octanol–water partition coefficient (Wildman–Crippen LogP) is 1.17. The summed E-state index contributed by atoms with van der Waals surface area (Å²) < 4.78 is 21.7. The van der Waals surface area contributed by atoms with Crippen molar-refractivity contribution in [3.05, 3.63) is 23.1 Å². The minimum atomic E-state index is -3.68. The van der Waals surface area contributed by atoms with E-state index < -0.39 is 15.0 Å². The normalized spacial score (nSPS) is 12.1. The maximum atomic E-state index is 10.8. The molecule has 14 heavy (non-hydrogen) atoms. The fraction of sp³-hybridized carbons (Fsp3) is 0. The summed E-state index contributed by atoms with van der Waals surface area (Å²) in [6, 6.07) is 2.91. The SMILES string of the molecule is NC(=O)/C=C/c1ccc(S(=O)(=O)Cl)s1. The maximum absolute atomic E-state index is 10.8. The van der Waals surface area contributed by atoms with Gasteiger partial charge in [0.05, 0.1) is 0 Å². The average Bonchev–Trinajstić information content (AvgIpc) is 2.47. The van der Waals surface area contributed by atoms with Crippen LogP contribution in [0.25, 0.3) is 6.08 Å². The quantitative estimate of drug-likeness (QED) is 0.647. The Balaban J connectivity index is 2.95. The molecule has 1 amide bonds. The molecule has 0 saturated heterocycles. The summed E-state index contributed by atoms with van der Waals surface area (Å²) in [5.74, 6) is -0.589. The first kappa shape index (κ1) is 11.2. The molecule has 0 bridgehead atoms. The molecule has 0 atom stereocenters. The zero-order valence-corrected chi connectivity index (χ0v) is 9.19. The van der Waals surface area contributed by atoms with E-state index in [0.717, 1.165) is 17.4 Å². The van der Waals surface area contributed by atoms with Crippen LogP contribution in [0.4, 0.5) is 0 Å².